The lowest BCUT2D eigenvalue weighted by Gasteiger charge is -2.28. The van der Waals surface area contributed by atoms with Crippen LogP contribution in [-0.2, 0) is 10.8 Å². The number of anilines is 2. The summed E-state index contributed by atoms with van der Waals surface area (Å²) < 4.78 is 11.3. The van der Waals surface area contributed by atoms with Crippen LogP contribution in [0.25, 0.3) is 0 Å². The Morgan fingerprint density at radius 1 is 1.35 bits per heavy atom. The molecule has 4 nitrogen and oxygen atoms in total. The number of hydrogen-bond acceptors (Lipinski definition) is 4. The molecule has 0 saturated carbocycles. The van der Waals surface area contributed by atoms with Crippen molar-refractivity contribution in [2.24, 2.45) is 0 Å². The second-order valence-electron chi connectivity index (χ2n) is 3.71. The second kappa shape index (κ2) is 5.42. The Labute approximate surface area is 113 Å². The molecular formula is C10H13Cl2N3OS. The van der Waals surface area contributed by atoms with Crippen LogP contribution in [0.1, 0.15) is 0 Å². The van der Waals surface area contributed by atoms with E-state index in [0.29, 0.717) is 46.3 Å². The van der Waals surface area contributed by atoms with E-state index in [1.165, 1.54) is 0 Å². The summed E-state index contributed by atoms with van der Waals surface area (Å²) in [4.78, 5) is 6.43. The fourth-order valence-corrected chi connectivity index (χ4v) is 3.33. The van der Waals surface area contributed by atoms with Gasteiger partial charge in [0.2, 0.25) is 0 Å². The number of aromatic nitrogens is 1. The third kappa shape index (κ3) is 2.84. The fraction of sp³-hybridized carbons (Fsp3) is 0.500. The highest BCUT2D eigenvalue weighted by molar-refractivity contribution is 7.85. The minimum Gasteiger partial charge on any atom is -0.372 e. The lowest BCUT2D eigenvalue weighted by Crippen LogP contribution is -2.38. The molecule has 1 aliphatic heterocycles. The van der Waals surface area contributed by atoms with Gasteiger partial charge in [-0.05, 0) is 6.07 Å². The highest BCUT2D eigenvalue weighted by Crippen LogP contribution is 2.31. The molecule has 94 valence electrons. The number of nitrogens with zero attached hydrogens (tertiary/aromatic N) is 2. The first kappa shape index (κ1) is 12.9. The molecule has 1 aromatic heterocycles. The van der Waals surface area contributed by atoms with Crippen molar-refractivity contribution in [2.45, 2.75) is 0 Å². The first-order valence-corrected chi connectivity index (χ1v) is 7.50. The highest BCUT2D eigenvalue weighted by Gasteiger charge is 2.20. The van der Waals surface area contributed by atoms with E-state index in [1.54, 1.807) is 13.1 Å². The summed E-state index contributed by atoms with van der Waals surface area (Å²) in [5.41, 5.74) is 0. The summed E-state index contributed by atoms with van der Waals surface area (Å²) in [6.07, 6.45) is 0. The van der Waals surface area contributed by atoms with E-state index in [0.717, 1.165) is 0 Å². The van der Waals surface area contributed by atoms with Gasteiger partial charge in [-0.2, -0.15) is 0 Å². The van der Waals surface area contributed by atoms with E-state index < -0.39 is 10.8 Å². The van der Waals surface area contributed by atoms with Gasteiger partial charge in [-0.1, -0.05) is 23.2 Å². The molecule has 0 bridgehead atoms. The topological polar surface area (TPSA) is 45.2 Å². The molecule has 0 atom stereocenters. The monoisotopic (exact) mass is 293 g/mol. The summed E-state index contributed by atoms with van der Waals surface area (Å²) in [5, 5.41) is 3.95. The molecule has 0 aromatic carbocycles. The van der Waals surface area contributed by atoms with Crippen molar-refractivity contribution in [2.75, 3.05) is 41.9 Å². The van der Waals surface area contributed by atoms with Gasteiger partial charge in [0.1, 0.15) is 11.6 Å². The van der Waals surface area contributed by atoms with Crippen molar-refractivity contribution in [3.8, 4) is 0 Å². The SMILES string of the molecule is CNc1nc(N2CCS(=O)CC2)c(Cl)cc1Cl. The Morgan fingerprint density at radius 2 is 2.00 bits per heavy atom. The molecule has 17 heavy (non-hydrogen) atoms. The Hall–Kier alpha value is -0.520. The molecule has 1 N–H and O–H groups in total. The van der Waals surface area contributed by atoms with E-state index in [9.17, 15) is 4.21 Å². The van der Waals surface area contributed by atoms with E-state index in [1.807, 2.05) is 4.90 Å². The van der Waals surface area contributed by atoms with Gasteiger partial charge in [-0.3, -0.25) is 4.21 Å². The Balaban J connectivity index is 2.28. The van der Waals surface area contributed by atoms with Crippen LogP contribution in [0.2, 0.25) is 10.0 Å². The van der Waals surface area contributed by atoms with Crippen LogP contribution in [0.15, 0.2) is 6.07 Å². The molecule has 0 amide bonds. The number of pyridine rings is 1. The van der Waals surface area contributed by atoms with Crippen molar-refractivity contribution in [1.29, 1.82) is 0 Å². The standard InChI is InChI=1S/C10H13Cl2N3OS/c1-13-9-7(11)6-8(12)10(14-9)15-2-4-17(16)5-3-15/h6H,2-5H2,1H3,(H,13,14). The van der Waals surface area contributed by atoms with E-state index >= 15 is 0 Å². The van der Waals surface area contributed by atoms with Gasteiger partial charge in [-0.25, -0.2) is 4.98 Å². The Kier molecular flexibility index (Phi) is 4.12. The number of rotatable bonds is 2. The molecule has 1 fully saturated rings. The minimum atomic E-state index is -0.707. The molecule has 0 aliphatic carbocycles. The summed E-state index contributed by atoms with van der Waals surface area (Å²) in [5.74, 6) is 2.64. The Bertz CT molecular complexity index is 445. The molecule has 1 aliphatic rings. The molecule has 7 heteroatoms. The maximum absolute atomic E-state index is 11.3. The maximum Gasteiger partial charge on any atom is 0.150 e. The average Bonchev–Trinajstić information content (AvgIpc) is 2.31. The first-order valence-electron chi connectivity index (χ1n) is 5.25. The van der Waals surface area contributed by atoms with Crippen LogP contribution in [0.5, 0.6) is 0 Å². The van der Waals surface area contributed by atoms with Gasteiger partial charge in [0.25, 0.3) is 0 Å². The lowest BCUT2D eigenvalue weighted by molar-refractivity contribution is 0.672. The fourth-order valence-electron chi connectivity index (χ4n) is 1.70. The van der Waals surface area contributed by atoms with Crippen molar-refractivity contribution >= 4 is 45.6 Å². The van der Waals surface area contributed by atoms with Gasteiger partial charge < -0.3 is 10.2 Å². The molecular weight excluding hydrogens is 281 g/mol. The van der Waals surface area contributed by atoms with E-state index in [2.05, 4.69) is 10.3 Å². The van der Waals surface area contributed by atoms with Gasteiger partial charge in [0.05, 0.1) is 10.0 Å². The van der Waals surface area contributed by atoms with Crippen molar-refractivity contribution in [3.05, 3.63) is 16.1 Å². The maximum atomic E-state index is 11.3. The van der Waals surface area contributed by atoms with E-state index in [4.69, 9.17) is 23.2 Å². The molecule has 0 unspecified atom stereocenters. The summed E-state index contributed by atoms with van der Waals surface area (Å²) in [6, 6.07) is 1.68. The number of nitrogens with one attached hydrogen (secondary N) is 1. The van der Waals surface area contributed by atoms with Crippen LogP contribution >= 0.6 is 23.2 Å². The number of halogens is 2. The van der Waals surface area contributed by atoms with Crippen molar-refractivity contribution in [3.63, 3.8) is 0 Å². The summed E-state index contributed by atoms with van der Waals surface area (Å²) in [7, 11) is 1.05. The van der Waals surface area contributed by atoms with Crippen molar-refractivity contribution in [1.82, 2.24) is 4.98 Å². The molecule has 0 spiro atoms. The third-order valence-corrected chi connectivity index (χ3v) is 4.47. The lowest BCUT2D eigenvalue weighted by atomic mass is 10.4. The van der Waals surface area contributed by atoms with Gasteiger partial charge in [-0.15, -0.1) is 0 Å². The summed E-state index contributed by atoms with van der Waals surface area (Å²) >= 11 is 12.1. The quantitative estimate of drug-likeness (QED) is 0.906. The average molecular weight is 294 g/mol. The van der Waals surface area contributed by atoms with Gasteiger partial charge >= 0.3 is 0 Å². The van der Waals surface area contributed by atoms with Crippen LogP contribution in [0.4, 0.5) is 11.6 Å². The predicted molar refractivity (Wildman–Crippen MR) is 73.9 cm³/mol. The normalized spacial score (nSPS) is 17.2. The first-order chi connectivity index (χ1) is 8.11. The van der Waals surface area contributed by atoms with Crippen molar-refractivity contribution < 1.29 is 4.21 Å². The van der Waals surface area contributed by atoms with Crippen LogP contribution in [0.3, 0.4) is 0 Å². The number of hydrogen-bond donors (Lipinski definition) is 1. The zero-order valence-electron chi connectivity index (χ0n) is 9.37. The molecule has 0 radical (unpaired) electrons. The third-order valence-electron chi connectivity index (χ3n) is 2.63. The molecule has 1 saturated heterocycles. The smallest absolute Gasteiger partial charge is 0.150 e. The minimum absolute atomic E-state index is 0.502. The van der Waals surface area contributed by atoms with Crippen LogP contribution in [0, 0.1) is 0 Å². The molecule has 2 rings (SSSR count). The van der Waals surface area contributed by atoms with Crippen LogP contribution in [-0.4, -0.2) is 40.8 Å². The zero-order valence-corrected chi connectivity index (χ0v) is 11.7. The van der Waals surface area contributed by atoms with Gasteiger partial charge in [0, 0.05) is 42.4 Å². The molecule has 1 aromatic rings. The zero-order chi connectivity index (χ0) is 12.4. The highest BCUT2D eigenvalue weighted by atomic mass is 35.5. The predicted octanol–water partition coefficient (Wildman–Crippen LogP) is 2.00. The summed E-state index contributed by atoms with van der Waals surface area (Å²) in [6.45, 7) is 1.42. The Morgan fingerprint density at radius 3 is 2.59 bits per heavy atom. The largest absolute Gasteiger partial charge is 0.372 e. The second-order valence-corrected chi connectivity index (χ2v) is 6.22. The van der Waals surface area contributed by atoms with Crippen LogP contribution < -0.4 is 10.2 Å². The van der Waals surface area contributed by atoms with E-state index in [-0.39, 0.29) is 0 Å². The molecule has 2 heterocycles. The van der Waals surface area contributed by atoms with Gasteiger partial charge in [0.15, 0.2) is 0 Å².